The van der Waals surface area contributed by atoms with Crippen molar-refractivity contribution in [2.75, 3.05) is 19.7 Å². The molecule has 100 valence electrons. The molecule has 0 fully saturated rings. The van der Waals surface area contributed by atoms with E-state index in [4.69, 9.17) is 0 Å². The highest BCUT2D eigenvalue weighted by molar-refractivity contribution is 5.78. The Labute approximate surface area is 108 Å². The van der Waals surface area contributed by atoms with Crippen LogP contribution in [0.5, 0.6) is 0 Å². The zero-order valence-electron chi connectivity index (χ0n) is 10.9. The summed E-state index contributed by atoms with van der Waals surface area (Å²) in [6, 6.07) is 9.62. The first-order valence-corrected chi connectivity index (χ1v) is 6.41. The summed E-state index contributed by atoms with van der Waals surface area (Å²) in [5.41, 5.74) is 1.11. The van der Waals surface area contributed by atoms with E-state index in [9.17, 15) is 9.90 Å². The Morgan fingerprint density at radius 3 is 2.67 bits per heavy atom. The van der Waals surface area contributed by atoms with Gasteiger partial charge in [-0.1, -0.05) is 37.3 Å². The standard InChI is InChI=1S/C14H22N2O2/c1-2-8-15-10-14(18)16-13(11-17)9-12-6-4-3-5-7-12/h3-7,13,15,17H,2,8-11H2,1H3,(H,16,18)/t13-/m1/s1. The van der Waals surface area contributed by atoms with Gasteiger partial charge in [0.1, 0.15) is 0 Å². The molecule has 0 aromatic heterocycles. The van der Waals surface area contributed by atoms with E-state index in [0.29, 0.717) is 13.0 Å². The second-order valence-electron chi connectivity index (χ2n) is 4.31. The average Bonchev–Trinajstić information content (AvgIpc) is 2.39. The van der Waals surface area contributed by atoms with Crippen LogP contribution in [0.2, 0.25) is 0 Å². The zero-order valence-corrected chi connectivity index (χ0v) is 10.9. The topological polar surface area (TPSA) is 61.4 Å². The van der Waals surface area contributed by atoms with Crippen LogP contribution in [0.4, 0.5) is 0 Å². The first-order valence-electron chi connectivity index (χ1n) is 6.41. The average molecular weight is 250 g/mol. The Balaban J connectivity index is 2.35. The van der Waals surface area contributed by atoms with Gasteiger partial charge in [0, 0.05) is 0 Å². The first-order chi connectivity index (χ1) is 8.76. The van der Waals surface area contributed by atoms with E-state index >= 15 is 0 Å². The predicted molar refractivity (Wildman–Crippen MR) is 72.3 cm³/mol. The van der Waals surface area contributed by atoms with E-state index < -0.39 is 0 Å². The van der Waals surface area contributed by atoms with Gasteiger partial charge in [-0.3, -0.25) is 4.79 Å². The van der Waals surface area contributed by atoms with Crippen molar-refractivity contribution in [2.24, 2.45) is 0 Å². The van der Waals surface area contributed by atoms with Crippen LogP contribution in [0.15, 0.2) is 30.3 Å². The summed E-state index contributed by atoms with van der Waals surface area (Å²) in [6.07, 6.45) is 1.65. The van der Waals surface area contributed by atoms with Crippen LogP contribution < -0.4 is 10.6 Å². The third-order valence-electron chi connectivity index (χ3n) is 2.62. The number of aliphatic hydroxyl groups is 1. The first kappa shape index (κ1) is 14.7. The third-order valence-corrected chi connectivity index (χ3v) is 2.62. The van der Waals surface area contributed by atoms with Crippen molar-refractivity contribution in [3.05, 3.63) is 35.9 Å². The van der Waals surface area contributed by atoms with Crippen LogP contribution in [-0.2, 0) is 11.2 Å². The van der Waals surface area contributed by atoms with E-state index in [1.807, 2.05) is 30.3 Å². The molecular weight excluding hydrogens is 228 g/mol. The minimum absolute atomic E-state index is 0.0472. The fourth-order valence-electron chi connectivity index (χ4n) is 1.72. The lowest BCUT2D eigenvalue weighted by Crippen LogP contribution is -2.43. The molecule has 0 radical (unpaired) electrons. The van der Waals surface area contributed by atoms with Crippen LogP contribution >= 0.6 is 0 Å². The van der Waals surface area contributed by atoms with Gasteiger partial charge in [-0.05, 0) is 24.9 Å². The molecule has 3 N–H and O–H groups in total. The summed E-state index contributed by atoms with van der Waals surface area (Å²) < 4.78 is 0. The molecule has 0 aliphatic carbocycles. The fourth-order valence-corrected chi connectivity index (χ4v) is 1.72. The number of hydrogen-bond donors (Lipinski definition) is 3. The summed E-state index contributed by atoms with van der Waals surface area (Å²) >= 11 is 0. The minimum atomic E-state index is -0.219. The molecule has 1 aromatic carbocycles. The second kappa shape index (κ2) is 8.66. The normalized spacial score (nSPS) is 12.1. The van der Waals surface area contributed by atoms with Crippen molar-refractivity contribution in [3.8, 4) is 0 Å². The lowest BCUT2D eigenvalue weighted by Gasteiger charge is -2.16. The molecule has 0 saturated carbocycles. The number of carbonyl (C=O) groups is 1. The SMILES string of the molecule is CCCNCC(=O)N[C@@H](CO)Cc1ccccc1. The van der Waals surface area contributed by atoms with Crippen molar-refractivity contribution >= 4 is 5.91 Å². The van der Waals surface area contributed by atoms with E-state index in [2.05, 4.69) is 17.6 Å². The van der Waals surface area contributed by atoms with Gasteiger partial charge in [0.2, 0.25) is 5.91 Å². The molecule has 0 heterocycles. The Bertz CT molecular complexity index is 341. The van der Waals surface area contributed by atoms with Gasteiger partial charge in [0.05, 0.1) is 19.2 Å². The molecule has 1 amide bonds. The van der Waals surface area contributed by atoms with Crippen molar-refractivity contribution < 1.29 is 9.90 Å². The summed E-state index contributed by atoms with van der Waals surface area (Å²) in [5, 5.41) is 15.1. The number of rotatable bonds is 8. The van der Waals surface area contributed by atoms with Crippen LogP contribution in [0.3, 0.4) is 0 Å². The molecule has 0 aliphatic rings. The number of nitrogens with one attached hydrogen (secondary N) is 2. The molecule has 18 heavy (non-hydrogen) atoms. The highest BCUT2D eigenvalue weighted by Gasteiger charge is 2.11. The van der Waals surface area contributed by atoms with Crippen LogP contribution in [0, 0.1) is 0 Å². The lowest BCUT2D eigenvalue weighted by atomic mass is 10.1. The van der Waals surface area contributed by atoms with Crippen molar-refractivity contribution in [2.45, 2.75) is 25.8 Å². The van der Waals surface area contributed by atoms with Gasteiger partial charge >= 0.3 is 0 Å². The maximum absolute atomic E-state index is 11.6. The highest BCUT2D eigenvalue weighted by Crippen LogP contribution is 2.02. The van der Waals surface area contributed by atoms with Crippen LogP contribution in [0.1, 0.15) is 18.9 Å². The molecule has 0 aliphatic heterocycles. The number of amides is 1. The molecular formula is C14H22N2O2. The van der Waals surface area contributed by atoms with Gasteiger partial charge in [0.15, 0.2) is 0 Å². The quantitative estimate of drug-likeness (QED) is 0.595. The molecule has 0 saturated heterocycles. The number of hydrogen-bond acceptors (Lipinski definition) is 3. The van der Waals surface area contributed by atoms with Crippen molar-refractivity contribution in [1.29, 1.82) is 0 Å². The van der Waals surface area contributed by atoms with Gasteiger partial charge in [-0.15, -0.1) is 0 Å². The third kappa shape index (κ3) is 5.80. The van der Waals surface area contributed by atoms with Crippen molar-refractivity contribution in [1.82, 2.24) is 10.6 Å². The summed E-state index contributed by atoms with van der Waals surface area (Å²) in [4.78, 5) is 11.6. The lowest BCUT2D eigenvalue weighted by molar-refractivity contribution is -0.121. The smallest absolute Gasteiger partial charge is 0.234 e. The van der Waals surface area contributed by atoms with Gasteiger partial charge in [0.25, 0.3) is 0 Å². The Hall–Kier alpha value is -1.39. The Morgan fingerprint density at radius 1 is 1.33 bits per heavy atom. The number of benzene rings is 1. The Kier molecular flexibility index (Phi) is 7.06. The van der Waals surface area contributed by atoms with E-state index in [1.54, 1.807) is 0 Å². The predicted octanol–water partition coefficient (Wildman–Crippen LogP) is 0.706. The summed E-state index contributed by atoms with van der Waals surface area (Å²) in [6.45, 7) is 3.14. The largest absolute Gasteiger partial charge is 0.394 e. The molecule has 0 spiro atoms. The fraction of sp³-hybridized carbons (Fsp3) is 0.500. The summed E-state index contributed by atoms with van der Waals surface area (Å²) in [5.74, 6) is -0.0709. The van der Waals surface area contributed by atoms with Crippen LogP contribution in [-0.4, -0.2) is 36.8 Å². The van der Waals surface area contributed by atoms with Gasteiger partial charge in [-0.2, -0.15) is 0 Å². The van der Waals surface area contributed by atoms with E-state index in [0.717, 1.165) is 18.5 Å². The maximum atomic E-state index is 11.6. The monoisotopic (exact) mass is 250 g/mol. The summed E-state index contributed by atoms with van der Waals surface area (Å²) in [7, 11) is 0. The van der Waals surface area contributed by atoms with E-state index in [-0.39, 0.29) is 18.6 Å². The molecule has 0 unspecified atom stereocenters. The molecule has 0 bridgehead atoms. The molecule has 1 rings (SSSR count). The molecule has 1 aromatic rings. The van der Waals surface area contributed by atoms with Gasteiger partial charge < -0.3 is 15.7 Å². The number of aliphatic hydroxyl groups excluding tert-OH is 1. The molecule has 1 atom stereocenters. The minimum Gasteiger partial charge on any atom is -0.394 e. The van der Waals surface area contributed by atoms with Crippen LogP contribution in [0.25, 0.3) is 0 Å². The second-order valence-corrected chi connectivity index (χ2v) is 4.31. The maximum Gasteiger partial charge on any atom is 0.234 e. The zero-order chi connectivity index (χ0) is 13.2. The van der Waals surface area contributed by atoms with Gasteiger partial charge in [-0.25, -0.2) is 0 Å². The number of carbonyl (C=O) groups excluding carboxylic acids is 1. The Morgan fingerprint density at radius 2 is 2.06 bits per heavy atom. The van der Waals surface area contributed by atoms with Crippen molar-refractivity contribution in [3.63, 3.8) is 0 Å². The van der Waals surface area contributed by atoms with E-state index in [1.165, 1.54) is 0 Å². The molecule has 4 heteroatoms. The molecule has 4 nitrogen and oxygen atoms in total. The highest BCUT2D eigenvalue weighted by atomic mass is 16.3.